The van der Waals surface area contributed by atoms with Crippen LogP contribution in [0.4, 0.5) is 17.1 Å². The lowest BCUT2D eigenvalue weighted by atomic mass is 10.1. The lowest BCUT2D eigenvalue weighted by Crippen LogP contribution is -1.98. The molecule has 0 spiro atoms. The number of aryl methyl sites for hydroxylation is 2. The van der Waals surface area contributed by atoms with Gasteiger partial charge in [0.15, 0.2) is 0 Å². The molecule has 0 saturated heterocycles. The number of hydrogen-bond donors (Lipinski definition) is 2. The molecule has 3 N–H and O–H groups in total. The van der Waals surface area contributed by atoms with E-state index in [-0.39, 0.29) is 0 Å². The molecule has 0 bridgehead atoms. The summed E-state index contributed by atoms with van der Waals surface area (Å²) in [6.45, 7) is 4.08. The molecule has 2 aromatic carbocycles. The van der Waals surface area contributed by atoms with Crippen LogP contribution in [0.25, 0.3) is 0 Å². The molecule has 0 atom stereocenters. The van der Waals surface area contributed by atoms with Crippen LogP contribution in [-0.2, 0) is 0 Å². The Morgan fingerprint density at radius 1 is 1.06 bits per heavy atom. The zero-order chi connectivity index (χ0) is 13.1. The molecule has 0 unspecified atom stereocenters. The van der Waals surface area contributed by atoms with Gasteiger partial charge in [-0.1, -0.05) is 12.1 Å². The number of nitrogens with one attached hydrogen (secondary N) is 1. The van der Waals surface area contributed by atoms with E-state index in [0.29, 0.717) is 11.3 Å². The number of nitrogen functional groups attached to an aromatic ring is 1. The first-order valence-corrected chi connectivity index (χ1v) is 5.74. The van der Waals surface area contributed by atoms with Crippen molar-refractivity contribution in [3.8, 4) is 6.07 Å². The molecule has 0 heterocycles. The van der Waals surface area contributed by atoms with Crippen molar-refractivity contribution in [3.05, 3.63) is 53.1 Å². The van der Waals surface area contributed by atoms with Crippen molar-refractivity contribution in [2.24, 2.45) is 0 Å². The highest BCUT2D eigenvalue weighted by Gasteiger charge is 2.04. The normalized spacial score (nSPS) is 9.83. The second-order valence-corrected chi connectivity index (χ2v) is 4.36. The van der Waals surface area contributed by atoms with Gasteiger partial charge in [0.05, 0.1) is 23.0 Å². The predicted molar refractivity (Wildman–Crippen MR) is 74.8 cm³/mol. The average molecular weight is 237 g/mol. The van der Waals surface area contributed by atoms with E-state index < -0.39 is 0 Å². The fourth-order valence-corrected chi connectivity index (χ4v) is 1.75. The number of anilines is 3. The van der Waals surface area contributed by atoms with Gasteiger partial charge in [-0.3, -0.25) is 0 Å². The Kier molecular flexibility index (Phi) is 3.20. The van der Waals surface area contributed by atoms with Crippen LogP contribution in [0, 0.1) is 25.2 Å². The summed E-state index contributed by atoms with van der Waals surface area (Å²) in [6, 6.07) is 13.5. The molecule has 18 heavy (non-hydrogen) atoms. The summed E-state index contributed by atoms with van der Waals surface area (Å²) in [5.41, 5.74) is 11.2. The van der Waals surface area contributed by atoms with Gasteiger partial charge in [0, 0.05) is 5.69 Å². The SMILES string of the molecule is Cc1ccc(C)c(Nc2cc(C#N)ccc2N)c1. The summed E-state index contributed by atoms with van der Waals surface area (Å²) in [7, 11) is 0. The molecule has 0 fully saturated rings. The van der Waals surface area contributed by atoms with E-state index in [9.17, 15) is 0 Å². The van der Waals surface area contributed by atoms with Crippen molar-refractivity contribution < 1.29 is 0 Å². The minimum absolute atomic E-state index is 0.594. The molecule has 0 aliphatic carbocycles. The van der Waals surface area contributed by atoms with Gasteiger partial charge in [-0.25, -0.2) is 0 Å². The van der Waals surface area contributed by atoms with Crippen LogP contribution in [-0.4, -0.2) is 0 Å². The third-order valence-corrected chi connectivity index (χ3v) is 2.84. The van der Waals surface area contributed by atoms with Gasteiger partial charge in [0.2, 0.25) is 0 Å². The summed E-state index contributed by atoms with van der Waals surface area (Å²) < 4.78 is 0. The Labute approximate surface area is 107 Å². The molecule has 3 heteroatoms. The van der Waals surface area contributed by atoms with Crippen LogP contribution in [0.1, 0.15) is 16.7 Å². The van der Waals surface area contributed by atoms with Crippen molar-refractivity contribution in [3.63, 3.8) is 0 Å². The van der Waals surface area contributed by atoms with Crippen molar-refractivity contribution >= 4 is 17.1 Å². The summed E-state index contributed by atoms with van der Waals surface area (Å²) in [5, 5.41) is 12.2. The van der Waals surface area contributed by atoms with Gasteiger partial charge in [0.25, 0.3) is 0 Å². The quantitative estimate of drug-likeness (QED) is 0.786. The molecular formula is C15H15N3. The molecule has 0 saturated carbocycles. The molecule has 0 amide bonds. The zero-order valence-corrected chi connectivity index (χ0v) is 10.5. The number of hydrogen-bond acceptors (Lipinski definition) is 3. The van der Waals surface area contributed by atoms with Crippen molar-refractivity contribution in [2.75, 3.05) is 11.1 Å². The van der Waals surface area contributed by atoms with E-state index in [1.165, 1.54) is 5.56 Å². The second-order valence-electron chi connectivity index (χ2n) is 4.36. The third kappa shape index (κ3) is 2.44. The monoisotopic (exact) mass is 237 g/mol. The van der Waals surface area contributed by atoms with Gasteiger partial charge in [0.1, 0.15) is 0 Å². The fourth-order valence-electron chi connectivity index (χ4n) is 1.75. The van der Waals surface area contributed by atoms with Crippen molar-refractivity contribution in [1.29, 1.82) is 5.26 Å². The standard InChI is InChI=1S/C15H15N3/c1-10-3-4-11(2)14(7-10)18-15-8-12(9-16)5-6-13(15)17/h3-8,18H,17H2,1-2H3. The molecule has 2 aromatic rings. The van der Waals surface area contributed by atoms with Crippen LogP contribution in [0.5, 0.6) is 0 Å². The van der Waals surface area contributed by atoms with Crippen molar-refractivity contribution in [2.45, 2.75) is 13.8 Å². The lowest BCUT2D eigenvalue weighted by molar-refractivity contribution is 1.37. The first kappa shape index (κ1) is 12.0. The summed E-state index contributed by atoms with van der Waals surface area (Å²) in [6.07, 6.45) is 0. The van der Waals surface area contributed by atoms with Crippen molar-refractivity contribution in [1.82, 2.24) is 0 Å². The molecule has 0 aromatic heterocycles. The minimum Gasteiger partial charge on any atom is -0.397 e. The highest BCUT2D eigenvalue weighted by atomic mass is 14.9. The van der Waals surface area contributed by atoms with Gasteiger partial charge in [-0.2, -0.15) is 5.26 Å². The van der Waals surface area contributed by atoms with E-state index in [1.54, 1.807) is 18.2 Å². The Hall–Kier alpha value is -2.47. The first-order chi connectivity index (χ1) is 8.60. The van der Waals surface area contributed by atoms with E-state index in [2.05, 4.69) is 29.6 Å². The third-order valence-electron chi connectivity index (χ3n) is 2.84. The van der Waals surface area contributed by atoms with Crippen LogP contribution in [0.3, 0.4) is 0 Å². The average Bonchev–Trinajstić information content (AvgIpc) is 2.36. The maximum absolute atomic E-state index is 8.90. The van der Waals surface area contributed by atoms with Gasteiger partial charge in [-0.15, -0.1) is 0 Å². The zero-order valence-electron chi connectivity index (χ0n) is 10.5. The molecular weight excluding hydrogens is 222 g/mol. The molecule has 3 nitrogen and oxygen atoms in total. The van der Waals surface area contributed by atoms with Crippen LogP contribution in [0.15, 0.2) is 36.4 Å². The predicted octanol–water partition coefficient (Wildman–Crippen LogP) is 3.50. The van der Waals surface area contributed by atoms with Crippen LogP contribution in [0.2, 0.25) is 0 Å². The molecule has 90 valence electrons. The Balaban J connectivity index is 2.39. The number of nitrogens with two attached hydrogens (primary N) is 1. The lowest BCUT2D eigenvalue weighted by Gasteiger charge is -2.12. The van der Waals surface area contributed by atoms with E-state index >= 15 is 0 Å². The van der Waals surface area contributed by atoms with E-state index in [1.807, 2.05) is 13.8 Å². The topological polar surface area (TPSA) is 61.8 Å². The van der Waals surface area contributed by atoms with Crippen LogP contribution >= 0.6 is 0 Å². The maximum Gasteiger partial charge on any atom is 0.0992 e. The largest absolute Gasteiger partial charge is 0.397 e. The van der Waals surface area contributed by atoms with Gasteiger partial charge >= 0.3 is 0 Å². The Morgan fingerprint density at radius 3 is 2.56 bits per heavy atom. The number of nitrogens with zero attached hydrogens (tertiary/aromatic N) is 1. The summed E-state index contributed by atoms with van der Waals surface area (Å²) in [4.78, 5) is 0. The fraction of sp³-hybridized carbons (Fsp3) is 0.133. The van der Waals surface area contributed by atoms with Crippen LogP contribution < -0.4 is 11.1 Å². The highest BCUT2D eigenvalue weighted by Crippen LogP contribution is 2.26. The highest BCUT2D eigenvalue weighted by molar-refractivity contribution is 5.75. The maximum atomic E-state index is 8.90. The first-order valence-electron chi connectivity index (χ1n) is 5.74. The molecule has 2 rings (SSSR count). The van der Waals surface area contributed by atoms with E-state index in [0.717, 1.165) is 16.9 Å². The number of rotatable bonds is 2. The van der Waals surface area contributed by atoms with Gasteiger partial charge in [-0.05, 0) is 49.2 Å². The Bertz CT molecular complexity index is 624. The second kappa shape index (κ2) is 4.80. The summed E-state index contributed by atoms with van der Waals surface area (Å²) >= 11 is 0. The van der Waals surface area contributed by atoms with Gasteiger partial charge < -0.3 is 11.1 Å². The molecule has 0 radical (unpaired) electrons. The molecule has 0 aliphatic rings. The summed E-state index contributed by atoms with van der Waals surface area (Å²) in [5.74, 6) is 0. The minimum atomic E-state index is 0.594. The smallest absolute Gasteiger partial charge is 0.0992 e. The number of nitriles is 1. The number of benzene rings is 2. The Morgan fingerprint density at radius 2 is 1.83 bits per heavy atom. The van der Waals surface area contributed by atoms with E-state index in [4.69, 9.17) is 11.0 Å². The molecule has 0 aliphatic heterocycles.